The van der Waals surface area contributed by atoms with Gasteiger partial charge in [-0.2, -0.15) is 0 Å². The van der Waals surface area contributed by atoms with Crippen molar-refractivity contribution < 1.29 is 9.53 Å². The van der Waals surface area contributed by atoms with E-state index in [0.717, 1.165) is 32.5 Å². The fourth-order valence-electron chi connectivity index (χ4n) is 1.90. The van der Waals surface area contributed by atoms with Gasteiger partial charge in [0.05, 0.1) is 11.6 Å². The summed E-state index contributed by atoms with van der Waals surface area (Å²) in [5.74, 6) is 0.558. The van der Waals surface area contributed by atoms with E-state index in [-0.39, 0.29) is 17.6 Å². The second-order valence-electron chi connectivity index (χ2n) is 5.64. The van der Waals surface area contributed by atoms with Gasteiger partial charge in [-0.25, -0.2) is 0 Å². The third-order valence-corrected chi connectivity index (χ3v) is 3.16. The normalized spacial score (nSPS) is 26.2. The van der Waals surface area contributed by atoms with Crippen molar-refractivity contribution in [1.29, 1.82) is 0 Å². The molecule has 4 heteroatoms. The molecule has 0 spiro atoms. The zero-order chi connectivity index (χ0) is 12.9. The second-order valence-corrected chi connectivity index (χ2v) is 5.64. The molecule has 100 valence electrons. The topological polar surface area (TPSA) is 50.4 Å². The fourth-order valence-corrected chi connectivity index (χ4v) is 1.90. The number of ether oxygens (including phenoxy) is 1. The molecule has 1 rings (SSSR count). The Kier molecular flexibility index (Phi) is 5.40. The lowest BCUT2D eigenvalue weighted by molar-refractivity contribution is -0.123. The Morgan fingerprint density at radius 2 is 2.12 bits per heavy atom. The van der Waals surface area contributed by atoms with Crippen LogP contribution in [0.3, 0.4) is 0 Å². The van der Waals surface area contributed by atoms with Gasteiger partial charge < -0.3 is 15.4 Å². The van der Waals surface area contributed by atoms with E-state index in [1.54, 1.807) is 0 Å². The first kappa shape index (κ1) is 14.5. The quantitative estimate of drug-likeness (QED) is 0.738. The van der Waals surface area contributed by atoms with Gasteiger partial charge in [0, 0.05) is 19.7 Å². The SMILES string of the molecule is CC(C)CNC(=O)C(C)NCC1(C)CCCO1. The van der Waals surface area contributed by atoms with E-state index in [2.05, 4.69) is 31.4 Å². The molecule has 0 aromatic heterocycles. The maximum absolute atomic E-state index is 11.7. The average Bonchev–Trinajstić information content (AvgIpc) is 2.70. The Morgan fingerprint density at radius 3 is 2.65 bits per heavy atom. The van der Waals surface area contributed by atoms with E-state index in [9.17, 15) is 4.79 Å². The molecule has 0 saturated carbocycles. The number of carbonyl (C=O) groups is 1. The van der Waals surface area contributed by atoms with Gasteiger partial charge in [-0.05, 0) is 32.6 Å². The van der Waals surface area contributed by atoms with Crippen molar-refractivity contribution in [2.24, 2.45) is 5.92 Å². The largest absolute Gasteiger partial charge is 0.374 e. The summed E-state index contributed by atoms with van der Waals surface area (Å²) in [5.41, 5.74) is -0.0907. The highest BCUT2D eigenvalue weighted by Crippen LogP contribution is 2.23. The molecule has 2 N–H and O–H groups in total. The van der Waals surface area contributed by atoms with Crippen LogP contribution in [0.25, 0.3) is 0 Å². The van der Waals surface area contributed by atoms with E-state index < -0.39 is 0 Å². The average molecular weight is 242 g/mol. The zero-order valence-corrected chi connectivity index (χ0v) is 11.5. The van der Waals surface area contributed by atoms with Crippen LogP contribution < -0.4 is 10.6 Å². The molecular weight excluding hydrogens is 216 g/mol. The third kappa shape index (κ3) is 5.04. The smallest absolute Gasteiger partial charge is 0.236 e. The van der Waals surface area contributed by atoms with Crippen molar-refractivity contribution >= 4 is 5.91 Å². The molecule has 1 heterocycles. The van der Waals surface area contributed by atoms with E-state index in [0.29, 0.717) is 5.92 Å². The van der Waals surface area contributed by atoms with Crippen LogP contribution in [0.1, 0.15) is 40.5 Å². The molecule has 0 bridgehead atoms. The van der Waals surface area contributed by atoms with Crippen LogP contribution in [0.2, 0.25) is 0 Å². The lowest BCUT2D eigenvalue weighted by Gasteiger charge is -2.25. The lowest BCUT2D eigenvalue weighted by Crippen LogP contribution is -2.48. The van der Waals surface area contributed by atoms with E-state index in [4.69, 9.17) is 4.74 Å². The van der Waals surface area contributed by atoms with Gasteiger partial charge in [-0.1, -0.05) is 13.8 Å². The summed E-state index contributed by atoms with van der Waals surface area (Å²) in [4.78, 5) is 11.7. The van der Waals surface area contributed by atoms with Gasteiger partial charge in [0.15, 0.2) is 0 Å². The first-order valence-corrected chi connectivity index (χ1v) is 6.58. The summed E-state index contributed by atoms with van der Waals surface area (Å²) in [5, 5.41) is 6.18. The standard InChI is InChI=1S/C13H26N2O2/c1-10(2)8-14-12(16)11(3)15-9-13(4)6-5-7-17-13/h10-11,15H,5-9H2,1-4H3,(H,14,16). The van der Waals surface area contributed by atoms with Crippen molar-refractivity contribution in [3.63, 3.8) is 0 Å². The summed E-state index contributed by atoms with van der Waals surface area (Å²) < 4.78 is 5.67. The van der Waals surface area contributed by atoms with Gasteiger partial charge in [0.1, 0.15) is 0 Å². The molecule has 17 heavy (non-hydrogen) atoms. The Morgan fingerprint density at radius 1 is 1.41 bits per heavy atom. The third-order valence-electron chi connectivity index (χ3n) is 3.16. The Bertz CT molecular complexity index is 248. The molecule has 1 amide bonds. The molecular formula is C13H26N2O2. The Labute approximate surface area is 104 Å². The summed E-state index contributed by atoms with van der Waals surface area (Å²) in [6, 6.07) is -0.158. The minimum atomic E-state index is -0.158. The van der Waals surface area contributed by atoms with E-state index >= 15 is 0 Å². The van der Waals surface area contributed by atoms with Crippen LogP contribution in [0.5, 0.6) is 0 Å². The van der Waals surface area contributed by atoms with Crippen LogP contribution in [0, 0.1) is 5.92 Å². The number of hydrogen-bond donors (Lipinski definition) is 2. The molecule has 0 radical (unpaired) electrons. The number of hydrogen-bond acceptors (Lipinski definition) is 3. The minimum Gasteiger partial charge on any atom is -0.374 e. The van der Waals surface area contributed by atoms with Crippen LogP contribution >= 0.6 is 0 Å². The van der Waals surface area contributed by atoms with Gasteiger partial charge >= 0.3 is 0 Å². The number of rotatable bonds is 6. The highest BCUT2D eigenvalue weighted by atomic mass is 16.5. The summed E-state index contributed by atoms with van der Waals surface area (Å²) in [6.07, 6.45) is 2.19. The molecule has 1 aliphatic rings. The molecule has 4 nitrogen and oxygen atoms in total. The summed E-state index contributed by atoms with van der Waals surface area (Å²) in [7, 11) is 0. The molecule has 2 unspecified atom stereocenters. The highest BCUT2D eigenvalue weighted by molar-refractivity contribution is 5.81. The molecule has 1 aliphatic heterocycles. The molecule has 0 aromatic carbocycles. The van der Waals surface area contributed by atoms with E-state index in [1.165, 1.54) is 0 Å². The number of amides is 1. The molecule has 0 aromatic rings. The van der Waals surface area contributed by atoms with Gasteiger partial charge in [-0.3, -0.25) is 4.79 Å². The van der Waals surface area contributed by atoms with Crippen LogP contribution in [0.15, 0.2) is 0 Å². The first-order chi connectivity index (χ1) is 7.93. The van der Waals surface area contributed by atoms with Crippen molar-refractivity contribution in [2.45, 2.75) is 52.2 Å². The Hall–Kier alpha value is -0.610. The van der Waals surface area contributed by atoms with Gasteiger partial charge in [-0.15, -0.1) is 0 Å². The lowest BCUT2D eigenvalue weighted by atomic mass is 10.0. The molecule has 2 atom stereocenters. The predicted octanol–water partition coefficient (Wildman–Crippen LogP) is 1.31. The highest BCUT2D eigenvalue weighted by Gasteiger charge is 2.30. The second kappa shape index (κ2) is 6.36. The van der Waals surface area contributed by atoms with Crippen molar-refractivity contribution in [2.75, 3.05) is 19.7 Å². The zero-order valence-electron chi connectivity index (χ0n) is 11.5. The monoisotopic (exact) mass is 242 g/mol. The fraction of sp³-hybridized carbons (Fsp3) is 0.923. The maximum atomic E-state index is 11.7. The van der Waals surface area contributed by atoms with Gasteiger partial charge in [0.25, 0.3) is 0 Å². The van der Waals surface area contributed by atoms with E-state index in [1.807, 2.05) is 6.92 Å². The van der Waals surface area contributed by atoms with Crippen molar-refractivity contribution in [3.8, 4) is 0 Å². The van der Waals surface area contributed by atoms with Crippen LogP contribution in [0.4, 0.5) is 0 Å². The minimum absolute atomic E-state index is 0.0697. The van der Waals surface area contributed by atoms with Crippen molar-refractivity contribution in [3.05, 3.63) is 0 Å². The Balaban J connectivity index is 2.23. The van der Waals surface area contributed by atoms with Crippen LogP contribution in [-0.2, 0) is 9.53 Å². The summed E-state index contributed by atoms with van der Waals surface area (Å²) >= 11 is 0. The van der Waals surface area contributed by atoms with Crippen molar-refractivity contribution in [1.82, 2.24) is 10.6 Å². The number of nitrogens with one attached hydrogen (secondary N) is 2. The van der Waals surface area contributed by atoms with Gasteiger partial charge in [0.2, 0.25) is 5.91 Å². The first-order valence-electron chi connectivity index (χ1n) is 6.58. The summed E-state index contributed by atoms with van der Waals surface area (Å²) in [6.45, 7) is 10.5. The molecule has 0 aliphatic carbocycles. The van der Waals surface area contributed by atoms with Crippen LogP contribution in [-0.4, -0.2) is 37.2 Å². The molecule has 1 fully saturated rings. The number of carbonyl (C=O) groups excluding carboxylic acids is 1. The molecule has 1 saturated heterocycles. The predicted molar refractivity (Wildman–Crippen MR) is 68.9 cm³/mol. The maximum Gasteiger partial charge on any atom is 0.236 e.